The SMILES string of the molecule is CC.CC.CC.CC.CC.CC.CC.CC.CC.CC.Cc1cc2ccccc2cn1.Cc1ccc2ccccc2n1.Cc1ccc2cccnc2c1.Cc1ccc2cccnc2n1.Cc1ccc2ccncc2c1.Cc1ccc2cnccc2c1.Cc1ccc2ncccc2c1.Cc1ccc2ncccc2n1.Cc1cnc2ccccc2c1.Cc1ncc2ccccc2n1. The van der Waals surface area contributed by atoms with Gasteiger partial charge >= 0.3 is 0 Å². The Balaban J connectivity index is 0.000000706. The average Bonchev–Trinajstić information content (AvgIpc) is 0.929. The molecule has 0 aliphatic heterocycles. The fourth-order valence-electron chi connectivity index (χ4n) is 11.5. The summed E-state index contributed by atoms with van der Waals surface area (Å²) in [5.74, 6) is 0.823. The summed E-state index contributed by atoms with van der Waals surface area (Å²) >= 11 is 0. The summed E-state index contributed by atoms with van der Waals surface area (Å²) in [6.45, 7) is 60.3. The molecule has 20 aromatic rings. The first kappa shape index (κ1) is 114. The average molecular weight is 1740 g/mol. The highest BCUT2D eigenvalue weighted by Gasteiger charge is 2.00. The number of hydrogen-bond donors (Lipinski definition) is 0. The zero-order chi connectivity index (χ0) is 96.8. The van der Waals surface area contributed by atoms with Gasteiger partial charge in [0, 0.05) is 139 Å². The Morgan fingerprint density at radius 3 is 1.12 bits per heavy atom. The number of nitrogens with zero attached hydrogens (tertiary/aromatic N) is 13. The highest BCUT2D eigenvalue weighted by atomic mass is 14.9. The van der Waals surface area contributed by atoms with Crippen LogP contribution in [-0.2, 0) is 0 Å². The van der Waals surface area contributed by atoms with Crippen LogP contribution in [0.15, 0.2) is 347 Å². The molecule has 0 fully saturated rings. The summed E-state index contributed by atoms with van der Waals surface area (Å²) < 4.78 is 0. The smallest absolute Gasteiger partial charge is 0.159 e. The van der Waals surface area contributed by atoms with Gasteiger partial charge in [-0.3, -0.25) is 44.9 Å². The maximum atomic E-state index is 4.38. The fraction of sp³-hybridized carbons (Fsp3) is 0.256. The van der Waals surface area contributed by atoms with Gasteiger partial charge in [-0.25, -0.2) is 19.9 Å². The highest BCUT2D eigenvalue weighted by molar-refractivity contribution is 5.85. The van der Waals surface area contributed by atoms with Crippen LogP contribution in [0.1, 0.15) is 195 Å². The lowest BCUT2D eigenvalue weighted by molar-refractivity contribution is 1.09. The topological polar surface area (TPSA) is 168 Å². The van der Waals surface area contributed by atoms with Crippen molar-refractivity contribution in [3.63, 3.8) is 0 Å². The Hall–Kier alpha value is -13.9. The van der Waals surface area contributed by atoms with Gasteiger partial charge in [0.15, 0.2) is 5.65 Å². The number of pyridine rings is 11. The Morgan fingerprint density at radius 1 is 0.154 bits per heavy atom. The monoisotopic (exact) mass is 1730 g/mol. The summed E-state index contributed by atoms with van der Waals surface area (Å²) in [6.07, 6.45) is 20.2. The van der Waals surface area contributed by atoms with E-state index in [2.05, 4.69) is 221 Å². The van der Waals surface area contributed by atoms with Crippen molar-refractivity contribution in [2.45, 2.75) is 208 Å². The van der Waals surface area contributed by atoms with Crippen molar-refractivity contribution in [3.8, 4) is 0 Å². The molecule has 680 valence electrons. The van der Waals surface area contributed by atoms with E-state index in [4.69, 9.17) is 0 Å². The van der Waals surface area contributed by atoms with Crippen molar-refractivity contribution in [1.82, 2.24) is 64.8 Å². The van der Waals surface area contributed by atoms with Gasteiger partial charge in [-0.15, -0.1) is 0 Å². The largest absolute Gasteiger partial charge is 0.264 e. The van der Waals surface area contributed by atoms with Crippen molar-refractivity contribution in [1.29, 1.82) is 0 Å². The van der Waals surface area contributed by atoms with Crippen LogP contribution in [0.4, 0.5) is 0 Å². The van der Waals surface area contributed by atoms with Gasteiger partial charge in [0.25, 0.3) is 0 Å². The van der Waals surface area contributed by atoms with Crippen LogP contribution in [0.2, 0.25) is 0 Å². The van der Waals surface area contributed by atoms with Gasteiger partial charge < -0.3 is 0 Å². The van der Waals surface area contributed by atoms with Crippen molar-refractivity contribution in [2.24, 2.45) is 0 Å². The van der Waals surface area contributed by atoms with Crippen molar-refractivity contribution in [2.75, 3.05) is 0 Å². The molecule has 0 radical (unpaired) electrons. The van der Waals surface area contributed by atoms with E-state index in [9.17, 15) is 0 Å². The Bertz CT molecular complexity index is 5090. The van der Waals surface area contributed by atoms with Gasteiger partial charge in [-0.2, -0.15) is 0 Å². The van der Waals surface area contributed by atoms with Crippen molar-refractivity contribution < 1.29 is 0 Å². The molecular weight excluding hydrogens is 1590 g/mol. The lowest BCUT2D eigenvalue weighted by atomic mass is 10.1. The van der Waals surface area contributed by atoms with Crippen LogP contribution in [0.5, 0.6) is 0 Å². The molecule has 130 heavy (non-hydrogen) atoms. The Kier molecular flexibility index (Phi) is 61.6. The highest BCUT2D eigenvalue weighted by Crippen LogP contribution is 2.20. The molecule has 12 heterocycles. The molecular formula is C117H147N13. The van der Waals surface area contributed by atoms with E-state index in [1.165, 1.54) is 81.7 Å². The van der Waals surface area contributed by atoms with Crippen LogP contribution in [0.25, 0.3) is 109 Å². The molecule has 20 rings (SSSR count). The predicted molar refractivity (Wildman–Crippen MR) is 572 cm³/mol. The molecule has 0 N–H and O–H groups in total. The van der Waals surface area contributed by atoms with Crippen molar-refractivity contribution in [3.05, 3.63) is 404 Å². The fourth-order valence-corrected chi connectivity index (χ4v) is 11.5. The van der Waals surface area contributed by atoms with E-state index in [-0.39, 0.29) is 0 Å². The first-order valence-electron chi connectivity index (χ1n) is 46.4. The maximum absolute atomic E-state index is 4.38. The van der Waals surface area contributed by atoms with Crippen LogP contribution in [0, 0.1) is 69.2 Å². The molecule has 0 atom stereocenters. The van der Waals surface area contributed by atoms with Crippen LogP contribution >= 0.6 is 0 Å². The number of benzene rings is 8. The summed E-state index contributed by atoms with van der Waals surface area (Å²) in [5, 5.41) is 14.4. The van der Waals surface area contributed by atoms with Gasteiger partial charge in [-0.1, -0.05) is 301 Å². The summed E-state index contributed by atoms with van der Waals surface area (Å²) in [4.78, 5) is 54.7. The van der Waals surface area contributed by atoms with Crippen LogP contribution in [-0.4, -0.2) is 64.8 Å². The molecule has 12 aromatic heterocycles. The molecule has 0 spiro atoms. The minimum Gasteiger partial charge on any atom is -0.264 e. The van der Waals surface area contributed by atoms with Crippen molar-refractivity contribution >= 4 is 109 Å². The number of aromatic nitrogens is 13. The molecule has 0 bridgehead atoms. The van der Waals surface area contributed by atoms with E-state index in [1.54, 1.807) is 12.4 Å². The first-order valence-corrected chi connectivity index (χ1v) is 46.4. The van der Waals surface area contributed by atoms with E-state index < -0.39 is 0 Å². The predicted octanol–water partition coefficient (Wildman–Crippen LogP) is 33.9. The lowest BCUT2D eigenvalue weighted by Gasteiger charge is -1.96. The number of hydrogen-bond acceptors (Lipinski definition) is 13. The minimum absolute atomic E-state index is 0.823. The molecule has 13 heteroatoms. The lowest BCUT2D eigenvalue weighted by Crippen LogP contribution is -1.86. The summed E-state index contributed by atoms with van der Waals surface area (Å²) in [6, 6.07) is 94.0. The van der Waals surface area contributed by atoms with Gasteiger partial charge in [0.1, 0.15) is 5.82 Å². The normalized spacial score (nSPS) is 9.15. The second kappa shape index (κ2) is 70.2. The number of aryl methyl sites for hydroxylation is 10. The number of fused-ring (bicyclic) bond motifs is 10. The van der Waals surface area contributed by atoms with Gasteiger partial charge in [0.2, 0.25) is 0 Å². The molecule has 0 saturated carbocycles. The summed E-state index contributed by atoms with van der Waals surface area (Å²) in [5.41, 5.74) is 18.6. The summed E-state index contributed by atoms with van der Waals surface area (Å²) in [7, 11) is 0. The molecule has 0 saturated heterocycles. The van der Waals surface area contributed by atoms with E-state index in [0.717, 1.165) is 83.6 Å². The van der Waals surface area contributed by atoms with Gasteiger partial charge in [-0.05, 0) is 230 Å². The second-order valence-corrected chi connectivity index (χ2v) is 26.3. The van der Waals surface area contributed by atoms with Crippen LogP contribution in [0.3, 0.4) is 0 Å². The molecule has 13 nitrogen and oxygen atoms in total. The van der Waals surface area contributed by atoms with Crippen LogP contribution < -0.4 is 0 Å². The molecule has 0 amide bonds. The third-order valence-electron chi connectivity index (χ3n) is 17.2. The quantitative estimate of drug-likeness (QED) is 0.141. The number of para-hydroxylation sites is 3. The zero-order valence-corrected chi connectivity index (χ0v) is 83.7. The molecule has 0 aliphatic rings. The third-order valence-corrected chi connectivity index (χ3v) is 17.2. The zero-order valence-electron chi connectivity index (χ0n) is 83.7. The van der Waals surface area contributed by atoms with E-state index in [1.807, 2.05) is 387 Å². The second-order valence-electron chi connectivity index (χ2n) is 26.3. The maximum Gasteiger partial charge on any atom is 0.159 e. The third kappa shape index (κ3) is 42.1. The molecule has 8 aromatic carbocycles. The standard InChI is InChI=1S/7C10H9N.3C9H8N2.10C2H6/c1-8-2-3-10-7-11-5-4-9(10)6-8;1-8-2-3-9-4-5-11-7-10(9)6-8;1-8-4-5-10-9(7-8)3-2-6-11-10;1-8-4-5-9-3-2-6-11-10(9)7-8;1-8-6-9-4-2-3-5-10(9)7-11-8;1-8-6-9-4-2-3-5-10(9)11-7-8;1-8-6-7-9-4-2-3-5-10(9)11-8;1-7-4-5-8-9(11-7)3-2-6-10-8;1-7-4-5-8-3-2-6-10-9(8)11-7;1-7-10-6-8-4-2-3-5-9(8)11-7;10*1-2/h7*2-7H,1H3;3*2-6H,1H3;10*1-2H3. The Morgan fingerprint density at radius 2 is 0.500 bits per heavy atom. The Labute approximate surface area is 780 Å². The first-order chi connectivity index (χ1) is 63.6. The number of rotatable bonds is 0. The molecule has 0 aliphatic carbocycles. The van der Waals surface area contributed by atoms with E-state index in [0.29, 0.717) is 0 Å². The van der Waals surface area contributed by atoms with Gasteiger partial charge in [0.05, 0.1) is 38.6 Å². The minimum atomic E-state index is 0.823. The van der Waals surface area contributed by atoms with E-state index >= 15 is 0 Å². The molecule has 0 unspecified atom stereocenters.